The molecule has 6 heteroatoms. The van der Waals surface area contributed by atoms with Crippen LogP contribution in [0.15, 0.2) is 18.2 Å². The van der Waals surface area contributed by atoms with E-state index in [1.54, 1.807) is 0 Å². The summed E-state index contributed by atoms with van der Waals surface area (Å²) in [5, 5.41) is 2.81. The van der Waals surface area contributed by atoms with Crippen molar-refractivity contribution >= 4 is 11.8 Å². The van der Waals surface area contributed by atoms with Crippen molar-refractivity contribution in [3.63, 3.8) is 0 Å². The van der Waals surface area contributed by atoms with Crippen LogP contribution in [0.5, 0.6) is 5.75 Å². The maximum absolute atomic E-state index is 11.6. The third kappa shape index (κ3) is 8.05. The second-order valence-electron chi connectivity index (χ2n) is 8.01. The molecule has 1 aromatic rings. The quantitative estimate of drug-likeness (QED) is 0.599. The summed E-state index contributed by atoms with van der Waals surface area (Å²) in [6, 6.07) is 6.39. The SMILES string of the molecule is CC.CC(C)OC(=O)NCCN1CCc2cc(OCCCN3CCCCC3)ccc21. The number of rotatable bonds is 9. The monoisotopic (exact) mass is 419 g/mol. The Morgan fingerprint density at radius 2 is 1.87 bits per heavy atom. The highest BCUT2D eigenvalue weighted by atomic mass is 16.6. The Balaban J connectivity index is 0.00000155. The third-order valence-electron chi connectivity index (χ3n) is 5.37. The molecule has 2 aliphatic rings. The lowest BCUT2D eigenvalue weighted by Gasteiger charge is -2.26. The van der Waals surface area contributed by atoms with Gasteiger partial charge in [0, 0.05) is 31.9 Å². The van der Waals surface area contributed by atoms with E-state index >= 15 is 0 Å². The van der Waals surface area contributed by atoms with E-state index in [1.807, 2.05) is 27.7 Å². The van der Waals surface area contributed by atoms with Crippen LogP contribution in [0.25, 0.3) is 0 Å². The summed E-state index contributed by atoms with van der Waals surface area (Å²) in [5.41, 5.74) is 2.58. The number of piperidine rings is 1. The minimum atomic E-state index is -0.345. The Kier molecular flexibility index (Phi) is 10.8. The van der Waals surface area contributed by atoms with Gasteiger partial charge < -0.3 is 24.6 Å². The highest BCUT2D eigenvalue weighted by Crippen LogP contribution is 2.31. The summed E-state index contributed by atoms with van der Waals surface area (Å²) < 4.78 is 11.1. The Morgan fingerprint density at radius 3 is 2.60 bits per heavy atom. The average molecular weight is 420 g/mol. The maximum atomic E-state index is 11.6. The number of nitrogens with zero attached hydrogens (tertiary/aromatic N) is 2. The molecule has 0 aromatic heterocycles. The number of fused-ring (bicyclic) bond motifs is 1. The standard InChI is InChI=1S/C22H35N3O3.C2H6/c1-18(2)28-22(26)23-10-15-25-14-9-19-17-20(7-8-21(19)25)27-16-6-13-24-11-4-3-5-12-24;1-2/h7-8,17-18H,3-6,9-16H2,1-2H3,(H,23,26);1-2H3. The van der Waals surface area contributed by atoms with Gasteiger partial charge in [-0.25, -0.2) is 4.79 Å². The maximum Gasteiger partial charge on any atom is 0.407 e. The number of hydrogen-bond acceptors (Lipinski definition) is 5. The first kappa shape index (κ1) is 24.3. The Labute approximate surface area is 182 Å². The minimum Gasteiger partial charge on any atom is -0.494 e. The van der Waals surface area contributed by atoms with E-state index < -0.39 is 0 Å². The number of amides is 1. The van der Waals surface area contributed by atoms with Crippen LogP contribution < -0.4 is 15.0 Å². The number of nitrogens with one attached hydrogen (secondary N) is 1. The lowest BCUT2D eigenvalue weighted by molar-refractivity contribution is 0.116. The molecule has 0 saturated carbocycles. The zero-order valence-corrected chi connectivity index (χ0v) is 19.4. The van der Waals surface area contributed by atoms with E-state index in [2.05, 4.69) is 33.3 Å². The fourth-order valence-corrected chi connectivity index (χ4v) is 3.98. The van der Waals surface area contributed by atoms with Gasteiger partial charge in [0.25, 0.3) is 0 Å². The lowest BCUT2D eigenvalue weighted by Crippen LogP contribution is -2.35. The first-order valence-electron chi connectivity index (χ1n) is 11.8. The molecule has 0 unspecified atom stereocenters. The van der Waals surface area contributed by atoms with Crippen LogP contribution >= 0.6 is 0 Å². The molecule has 1 N–H and O–H groups in total. The number of carbonyl (C=O) groups excluding carboxylic acids is 1. The van der Waals surface area contributed by atoms with Gasteiger partial charge in [-0.15, -0.1) is 0 Å². The van der Waals surface area contributed by atoms with Crippen molar-refractivity contribution < 1.29 is 14.3 Å². The van der Waals surface area contributed by atoms with Crippen molar-refractivity contribution in [3.05, 3.63) is 23.8 Å². The van der Waals surface area contributed by atoms with Crippen LogP contribution in [0.1, 0.15) is 58.9 Å². The van der Waals surface area contributed by atoms with Crippen LogP contribution in [0.2, 0.25) is 0 Å². The van der Waals surface area contributed by atoms with Crippen LogP contribution in [-0.2, 0) is 11.2 Å². The summed E-state index contributed by atoms with van der Waals surface area (Å²) in [6.45, 7) is 14.5. The minimum absolute atomic E-state index is 0.0919. The van der Waals surface area contributed by atoms with E-state index in [0.717, 1.165) is 44.8 Å². The fraction of sp³-hybridized carbons (Fsp3) is 0.708. The average Bonchev–Trinajstić information content (AvgIpc) is 3.15. The molecule has 2 heterocycles. The van der Waals surface area contributed by atoms with Crippen LogP contribution in [0.3, 0.4) is 0 Å². The molecular formula is C24H41N3O3. The van der Waals surface area contributed by atoms with Crippen molar-refractivity contribution in [1.29, 1.82) is 0 Å². The summed E-state index contributed by atoms with van der Waals surface area (Å²) >= 11 is 0. The lowest BCUT2D eigenvalue weighted by atomic mass is 10.1. The van der Waals surface area contributed by atoms with Crippen LogP contribution in [0, 0.1) is 0 Å². The number of alkyl carbamates (subject to hydrolysis) is 1. The first-order valence-corrected chi connectivity index (χ1v) is 11.8. The van der Waals surface area contributed by atoms with Gasteiger partial charge in [0.05, 0.1) is 12.7 Å². The summed E-state index contributed by atoms with van der Waals surface area (Å²) in [5.74, 6) is 0.970. The highest BCUT2D eigenvalue weighted by Gasteiger charge is 2.19. The van der Waals surface area contributed by atoms with Crippen molar-refractivity contribution in [3.8, 4) is 5.75 Å². The molecule has 1 amide bonds. The van der Waals surface area contributed by atoms with Crippen LogP contribution in [0.4, 0.5) is 10.5 Å². The zero-order chi connectivity index (χ0) is 21.8. The molecular weight excluding hydrogens is 378 g/mol. The van der Waals surface area contributed by atoms with Gasteiger partial charge in [-0.05, 0) is 76.4 Å². The van der Waals surface area contributed by atoms with E-state index in [4.69, 9.17) is 9.47 Å². The Hall–Kier alpha value is -1.95. The molecule has 0 aliphatic carbocycles. The van der Waals surface area contributed by atoms with E-state index in [0.29, 0.717) is 6.54 Å². The topological polar surface area (TPSA) is 54.0 Å². The number of anilines is 1. The van der Waals surface area contributed by atoms with Gasteiger partial charge in [-0.3, -0.25) is 0 Å². The molecule has 0 spiro atoms. The molecule has 2 aliphatic heterocycles. The zero-order valence-electron chi connectivity index (χ0n) is 19.4. The number of likely N-dealkylation sites (tertiary alicyclic amines) is 1. The second kappa shape index (κ2) is 13.4. The third-order valence-corrected chi connectivity index (χ3v) is 5.37. The Morgan fingerprint density at radius 1 is 1.10 bits per heavy atom. The van der Waals surface area contributed by atoms with E-state index in [1.165, 1.54) is 43.6 Å². The van der Waals surface area contributed by atoms with Gasteiger partial charge in [0.2, 0.25) is 0 Å². The predicted molar refractivity (Wildman–Crippen MR) is 124 cm³/mol. The summed E-state index contributed by atoms with van der Waals surface area (Å²) in [7, 11) is 0. The van der Waals surface area contributed by atoms with Crippen molar-refractivity contribution in [2.75, 3.05) is 50.8 Å². The van der Waals surface area contributed by atoms with Gasteiger partial charge >= 0.3 is 6.09 Å². The van der Waals surface area contributed by atoms with Crippen molar-refractivity contribution in [2.45, 2.75) is 65.9 Å². The smallest absolute Gasteiger partial charge is 0.407 e. The van der Waals surface area contributed by atoms with Crippen molar-refractivity contribution in [2.24, 2.45) is 0 Å². The molecule has 0 bridgehead atoms. The number of benzene rings is 1. The van der Waals surface area contributed by atoms with Gasteiger partial charge in [0.15, 0.2) is 0 Å². The normalized spacial score (nSPS) is 16.0. The van der Waals surface area contributed by atoms with E-state index in [-0.39, 0.29) is 12.2 Å². The second-order valence-corrected chi connectivity index (χ2v) is 8.01. The number of hydrogen-bond donors (Lipinski definition) is 1. The highest BCUT2D eigenvalue weighted by molar-refractivity contribution is 5.67. The molecule has 3 rings (SSSR count). The molecule has 1 saturated heterocycles. The van der Waals surface area contributed by atoms with E-state index in [9.17, 15) is 4.79 Å². The van der Waals surface area contributed by atoms with Crippen LogP contribution in [-0.4, -0.2) is 63.0 Å². The predicted octanol–water partition coefficient (Wildman–Crippen LogP) is 4.46. The van der Waals surface area contributed by atoms with Gasteiger partial charge in [-0.1, -0.05) is 20.3 Å². The molecule has 1 fully saturated rings. The largest absolute Gasteiger partial charge is 0.494 e. The summed E-state index contributed by atoms with van der Waals surface area (Å²) in [6.07, 6.45) is 5.75. The Bertz CT molecular complexity index is 630. The molecule has 0 radical (unpaired) electrons. The van der Waals surface area contributed by atoms with Gasteiger partial charge in [0.1, 0.15) is 5.75 Å². The molecule has 170 valence electrons. The summed E-state index contributed by atoms with van der Waals surface area (Å²) in [4.78, 5) is 16.4. The fourth-order valence-electron chi connectivity index (χ4n) is 3.98. The van der Waals surface area contributed by atoms with Gasteiger partial charge in [-0.2, -0.15) is 0 Å². The number of carbonyl (C=O) groups is 1. The molecule has 0 atom stereocenters. The first-order chi connectivity index (χ1) is 14.6. The molecule has 30 heavy (non-hydrogen) atoms. The molecule has 1 aromatic carbocycles. The number of ether oxygens (including phenoxy) is 2. The van der Waals surface area contributed by atoms with Crippen molar-refractivity contribution in [1.82, 2.24) is 10.2 Å². The molecule has 6 nitrogen and oxygen atoms in total.